The Balaban J connectivity index is 0.000000310. The molecule has 2 aliphatic rings. The smallest absolute Gasteiger partial charge is 0.237 e. The number of rotatable bonds is 5. The number of aldehydes is 1. The molecule has 36 heavy (non-hydrogen) atoms. The van der Waals surface area contributed by atoms with E-state index < -0.39 is 0 Å². The average molecular weight is 496 g/mol. The van der Waals surface area contributed by atoms with Gasteiger partial charge < -0.3 is 31.5 Å². The van der Waals surface area contributed by atoms with Gasteiger partial charge in [-0.15, -0.1) is 0 Å². The first-order valence-corrected chi connectivity index (χ1v) is 12.9. The molecule has 7 nitrogen and oxygen atoms in total. The van der Waals surface area contributed by atoms with Crippen molar-refractivity contribution in [2.24, 2.45) is 0 Å². The first-order valence-electron chi connectivity index (χ1n) is 12.9. The molecule has 5 N–H and O–H groups in total. The second-order valence-corrected chi connectivity index (χ2v) is 8.88. The van der Waals surface area contributed by atoms with Gasteiger partial charge in [-0.2, -0.15) is 0 Å². The summed E-state index contributed by atoms with van der Waals surface area (Å²) < 4.78 is 0. The summed E-state index contributed by atoms with van der Waals surface area (Å²) in [7, 11) is 1.83. The van der Waals surface area contributed by atoms with Gasteiger partial charge in [0.2, 0.25) is 5.91 Å². The number of anilines is 1. The number of hydrogen-bond donors (Lipinski definition) is 5. The molecule has 0 spiro atoms. The van der Waals surface area contributed by atoms with Crippen LogP contribution >= 0.6 is 0 Å². The van der Waals surface area contributed by atoms with Crippen LogP contribution in [0.25, 0.3) is 0 Å². The first kappa shape index (κ1) is 31.0. The molecule has 1 amide bonds. The number of hydrogen-bond acceptors (Lipinski definition) is 6. The summed E-state index contributed by atoms with van der Waals surface area (Å²) in [6.07, 6.45) is 8.26. The number of carbonyl (C=O) groups excluding carboxylic acids is 2. The zero-order chi connectivity index (χ0) is 26.6. The highest BCUT2D eigenvalue weighted by Gasteiger charge is 2.21. The standard InChI is InChI=1S/C14H20N4O.C8H10.C5H11N.C2H4O/c1-16-12-5-4-10(7-11(12)8-15)9-18-14(19)13-3-2-6-17-13;1-7-3-5-8(2)6-4-7;1-2-4-6-5-3-1;1-2-3/h4-5,7-8,13,15-17H,2-3,6,9H2,1H3,(H,18,19);3-6H,1-2H3;6H,1-5H2;2H,1H3. The zero-order valence-corrected chi connectivity index (χ0v) is 22.5. The van der Waals surface area contributed by atoms with E-state index in [0.29, 0.717) is 6.54 Å². The number of aryl methyl sites for hydroxylation is 2. The molecule has 1 atom stereocenters. The van der Waals surface area contributed by atoms with Gasteiger partial charge in [0.25, 0.3) is 0 Å². The Kier molecular flexibility index (Phi) is 16.5. The van der Waals surface area contributed by atoms with Crippen LogP contribution in [-0.2, 0) is 16.1 Å². The van der Waals surface area contributed by atoms with Crippen LogP contribution in [-0.4, -0.2) is 51.1 Å². The molecule has 0 bridgehead atoms. The van der Waals surface area contributed by atoms with Crippen LogP contribution in [0.2, 0.25) is 0 Å². The maximum Gasteiger partial charge on any atom is 0.237 e. The molecule has 2 fully saturated rings. The van der Waals surface area contributed by atoms with Crippen LogP contribution in [0.3, 0.4) is 0 Å². The van der Waals surface area contributed by atoms with Crippen LogP contribution in [0.4, 0.5) is 5.69 Å². The Morgan fingerprint density at radius 2 is 1.61 bits per heavy atom. The highest BCUT2D eigenvalue weighted by Crippen LogP contribution is 2.15. The molecule has 1 unspecified atom stereocenters. The topological polar surface area (TPSA) is 106 Å². The Morgan fingerprint density at radius 1 is 1.00 bits per heavy atom. The summed E-state index contributed by atoms with van der Waals surface area (Å²) in [6, 6.07) is 14.2. The fraction of sp³-hybridized carbons (Fsp3) is 0.483. The van der Waals surface area contributed by atoms with Crippen molar-refractivity contribution in [2.75, 3.05) is 32.0 Å². The number of carbonyl (C=O) groups is 2. The largest absolute Gasteiger partial charge is 0.388 e. The number of benzene rings is 2. The summed E-state index contributed by atoms with van der Waals surface area (Å²) >= 11 is 0. The third-order valence-electron chi connectivity index (χ3n) is 5.81. The first-order chi connectivity index (χ1) is 17.4. The lowest BCUT2D eigenvalue weighted by Crippen LogP contribution is -2.40. The summed E-state index contributed by atoms with van der Waals surface area (Å²) in [4.78, 5) is 20.7. The van der Waals surface area contributed by atoms with Crippen LogP contribution in [0, 0.1) is 19.3 Å². The average Bonchev–Trinajstić information content (AvgIpc) is 3.46. The van der Waals surface area contributed by atoms with Crippen LogP contribution in [0.1, 0.15) is 61.3 Å². The van der Waals surface area contributed by atoms with Gasteiger partial charge >= 0.3 is 0 Å². The highest BCUT2D eigenvalue weighted by atomic mass is 16.2. The van der Waals surface area contributed by atoms with Crippen molar-refractivity contribution < 1.29 is 9.59 Å². The number of piperidine rings is 1. The van der Waals surface area contributed by atoms with Crippen molar-refractivity contribution in [3.05, 3.63) is 64.7 Å². The molecule has 198 valence electrons. The molecular weight excluding hydrogens is 450 g/mol. The zero-order valence-electron chi connectivity index (χ0n) is 22.5. The molecule has 2 heterocycles. The molecule has 2 saturated heterocycles. The third-order valence-corrected chi connectivity index (χ3v) is 5.81. The second-order valence-electron chi connectivity index (χ2n) is 8.88. The van der Waals surface area contributed by atoms with Crippen LogP contribution < -0.4 is 21.3 Å². The van der Waals surface area contributed by atoms with Crippen molar-refractivity contribution in [3.63, 3.8) is 0 Å². The molecule has 2 aliphatic heterocycles. The molecule has 0 aliphatic carbocycles. The van der Waals surface area contributed by atoms with Crippen LogP contribution in [0.5, 0.6) is 0 Å². The van der Waals surface area contributed by atoms with Crippen molar-refractivity contribution in [1.82, 2.24) is 16.0 Å². The normalized spacial score (nSPS) is 15.9. The monoisotopic (exact) mass is 495 g/mol. The Morgan fingerprint density at radius 3 is 2.03 bits per heavy atom. The van der Waals surface area contributed by atoms with Gasteiger partial charge in [0.15, 0.2) is 0 Å². The van der Waals surface area contributed by atoms with E-state index in [1.165, 1.54) is 56.6 Å². The maximum absolute atomic E-state index is 11.9. The summed E-state index contributed by atoms with van der Waals surface area (Å²) in [5, 5.41) is 19.8. The second kappa shape index (κ2) is 19.2. The van der Waals surface area contributed by atoms with Gasteiger partial charge in [-0.25, -0.2) is 0 Å². The Labute approximate surface area is 217 Å². The van der Waals surface area contributed by atoms with Crippen molar-refractivity contribution in [2.45, 2.75) is 65.5 Å². The highest BCUT2D eigenvalue weighted by molar-refractivity contribution is 5.86. The SMILES string of the molecule is C1CCNCC1.CC=O.CNc1ccc(CNC(=O)C2CCCN2)cc1C=N.Cc1ccc(C)cc1. The summed E-state index contributed by atoms with van der Waals surface area (Å²) in [5.74, 6) is 0.0617. The summed E-state index contributed by atoms with van der Waals surface area (Å²) in [6.45, 7) is 9.56. The van der Waals surface area contributed by atoms with E-state index >= 15 is 0 Å². The lowest BCUT2D eigenvalue weighted by molar-refractivity contribution is -0.122. The Hall–Kier alpha value is -3.03. The van der Waals surface area contributed by atoms with E-state index in [9.17, 15) is 4.79 Å². The molecule has 7 heteroatoms. The molecule has 0 radical (unpaired) electrons. The van der Waals surface area contributed by atoms with E-state index in [4.69, 9.17) is 10.2 Å². The van der Waals surface area contributed by atoms with Crippen LogP contribution in [0.15, 0.2) is 42.5 Å². The maximum atomic E-state index is 11.9. The fourth-order valence-corrected chi connectivity index (χ4v) is 3.73. The molecule has 2 aromatic rings. The molecule has 4 rings (SSSR count). The molecule has 0 saturated carbocycles. The Bertz CT molecular complexity index is 857. The minimum absolute atomic E-state index is 0.0428. The van der Waals surface area contributed by atoms with Gasteiger partial charge in [-0.1, -0.05) is 47.9 Å². The van der Waals surface area contributed by atoms with Gasteiger partial charge in [-0.3, -0.25) is 4.79 Å². The lowest BCUT2D eigenvalue weighted by atomic mass is 10.1. The van der Waals surface area contributed by atoms with Crippen molar-refractivity contribution >= 4 is 24.1 Å². The van der Waals surface area contributed by atoms with Gasteiger partial charge in [0.05, 0.1) is 6.04 Å². The van der Waals surface area contributed by atoms with E-state index in [2.05, 4.69) is 59.4 Å². The van der Waals surface area contributed by atoms with E-state index in [0.717, 1.165) is 42.5 Å². The molecular formula is C29H45N5O2. The third kappa shape index (κ3) is 13.2. The lowest BCUT2D eigenvalue weighted by Gasteiger charge is -2.12. The molecule has 2 aromatic carbocycles. The van der Waals surface area contributed by atoms with Gasteiger partial charge in [0.1, 0.15) is 6.29 Å². The van der Waals surface area contributed by atoms with E-state index in [-0.39, 0.29) is 11.9 Å². The van der Waals surface area contributed by atoms with Gasteiger partial charge in [-0.05, 0) is 83.8 Å². The van der Waals surface area contributed by atoms with Gasteiger partial charge in [0, 0.05) is 31.1 Å². The summed E-state index contributed by atoms with van der Waals surface area (Å²) in [5.41, 5.74) is 5.41. The number of amides is 1. The van der Waals surface area contributed by atoms with E-state index in [1.807, 2.05) is 25.2 Å². The minimum atomic E-state index is -0.0428. The fourth-order valence-electron chi connectivity index (χ4n) is 3.73. The predicted molar refractivity (Wildman–Crippen MR) is 151 cm³/mol. The predicted octanol–water partition coefficient (Wildman–Crippen LogP) is 4.36. The number of nitrogens with one attached hydrogen (secondary N) is 5. The van der Waals surface area contributed by atoms with E-state index in [1.54, 1.807) is 0 Å². The minimum Gasteiger partial charge on any atom is -0.388 e. The quantitative estimate of drug-likeness (QED) is 0.313. The van der Waals surface area contributed by atoms with Crippen molar-refractivity contribution in [3.8, 4) is 0 Å². The van der Waals surface area contributed by atoms with Crippen molar-refractivity contribution in [1.29, 1.82) is 5.41 Å². The molecule has 0 aromatic heterocycles.